The van der Waals surface area contributed by atoms with Crippen molar-refractivity contribution < 1.29 is 8.74 Å². The second kappa shape index (κ2) is 5.54. The predicted molar refractivity (Wildman–Crippen MR) is 54.6 cm³/mol. The van der Waals surface area contributed by atoms with Crippen LogP contribution in [0.15, 0.2) is 36.9 Å². The SMILES string of the molecule is C=CCO[Se]c1ccccc1[N+](=O)[O-]. The van der Waals surface area contributed by atoms with Gasteiger partial charge in [-0.25, -0.2) is 0 Å². The molecule has 0 amide bonds. The molecule has 0 heterocycles. The van der Waals surface area contributed by atoms with Gasteiger partial charge in [-0.05, 0) is 0 Å². The summed E-state index contributed by atoms with van der Waals surface area (Å²) in [5.41, 5.74) is 0.122. The van der Waals surface area contributed by atoms with Crippen molar-refractivity contribution in [3.8, 4) is 0 Å². The number of hydrogen-bond acceptors (Lipinski definition) is 3. The summed E-state index contributed by atoms with van der Waals surface area (Å²) in [7, 11) is 0. The molecule has 1 aromatic rings. The van der Waals surface area contributed by atoms with E-state index < -0.39 is 4.92 Å². The standard InChI is InChI=1S/C9H9NO3Se/c1-2-7-13-14-9-6-4-3-5-8(9)10(11)12/h2-6H,1,7H2. The maximum atomic E-state index is 10.6. The summed E-state index contributed by atoms with van der Waals surface area (Å²) in [6, 6.07) is 6.60. The second-order valence-electron chi connectivity index (χ2n) is 2.38. The normalized spacial score (nSPS) is 9.71. The average Bonchev–Trinajstić information content (AvgIpc) is 2.19. The van der Waals surface area contributed by atoms with E-state index in [-0.39, 0.29) is 21.0 Å². The monoisotopic (exact) mass is 259 g/mol. The van der Waals surface area contributed by atoms with E-state index >= 15 is 0 Å². The van der Waals surface area contributed by atoms with Gasteiger partial charge in [0.2, 0.25) is 0 Å². The third-order valence-electron chi connectivity index (χ3n) is 1.40. The average molecular weight is 258 g/mol. The van der Waals surface area contributed by atoms with Crippen LogP contribution in [0.1, 0.15) is 0 Å². The van der Waals surface area contributed by atoms with Crippen LogP contribution in [0.4, 0.5) is 5.69 Å². The van der Waals surface area contributed by atoms with Crippen LogP contribution in [0, 0.1) is 10.1 Å². The Hall–Kier alpha value is -1.16. The molecule has 0 aromatic heterocycles. The quantitative estimate of drug-likeness (QED) is 0.261. The number of rotatable bonds is 5. The summed E-state index contributed by atoms with van der Waals surface area (Å²) in [6.07, 6.45) is 1.62. The number of benzene rings is 1. The van der Waals surface area contributed by atoms with Crippen LogP contribution < -0.4 is 4.46 Å². The van der Waals surface area contributed by atoms with E-state index in [1.54, 1.807) is 24.3 Å². The summed E-state index contributed by atoms with van der Waals surface area (Å²) in [5, 5.41) is 10.6. The van der Waals surface area contributed by atoms with E-state index in [0.717, 1.165) is 0 Å². The molecule has 0 saturated carbocycles. The molecule has 0 unspecified atom stereocenters. The minimum absolute atomic E-state index is 0.122. The number of hydrogen-bond donors (Lipinski definition) is 0. The molecule has 0 atom stereocenters. The van der Waals surface area contributed by atoms with Crippen molar-refractivity contribution in [3.05, 3.63) is 47.0 Å². The van der Waals surface area contributed by atoms with Crippen LogP contribution in [0.5, 0.6) is 0 Å². The van der Waals surface area contributed by atoms with E-state index in [9.17, 15) is 10.1 Å². The van der Waals surface area contributed by atoms with E-state index in [1.807, 2.05) is 0 Å². The fourth-order valence-corrected chi connectivity index (χ4v) is 2.19. The van der Waals surface area contributed by atoms with Crippen molar-refractivity contribution in [2.45, 2.75) is 0 Å². The number of nitro benzene ring substituents is 1. The number of nitro groups is 1. The number of para-hydroxylation sites is 1. The van der Waals surface area contributed by atoms with Gasteiger partial charge in [0.15, 0.2) is 0 Å². The van der Waals surface area contributed by atoms with E-state index in [0.29, 0.717) is 11.1 Å². The van der Waals surface area contributed by atoms with Gasteiger partial charge in [0.05, 0.1) is 0 Å². The van der Waals surface area contributed by atoms with Crippen molar-refractivity contribution in [1.29, 1.82) is 0 Å². The fraction of sp³-hybridized carbons (Fsp3) is 0.111. The van der Waals surface area contributed by atoms with Gasteiger partial charge >= 0.3 is 87.8 Å². The Morgan fingerprint density at radius 2 is 2.29 bits per heavy atom. The van der Waals surface area contributed by atoms with Gasteiger partial charge in [0.1, 0.15) is 0 Å². The Labute approximate surface area is 88.2 Å². The van der Waals surface area contributed by atoms with Crippen LogP contribution in [0.2, 0.25) is 0 Å². The van der Waals surface area contributed by atoms with Gasteiger partial charge in [0.25, 0.3) is 0 Å². The Kier molecular flexibility index (Phi) is 4.32. The Bertz CT molecular complexity index is 341. The summed E-state index contributed by atoms with van der Waals surface area (Å²) in [4.78, 5) is 10.2. The molecule has 0 radical (unpaired) electrons. The van der Waals surface area contributed by atoms with Crippen LogP contribution in [0.3, 0.4) is 0 Å². The van der Waals surface area contributed by atoms with Crippen molar-refractivity contribution in [2.24, 2.45) is 0 Å². The summed E-state index contributed by atoms with van der Waals surface area (Å²) in [6.45, 7) is 3.92. The zero-order chi connectivity index (χ0) is 10.4. The Morgan fingerprint density at radius 3 is 2.93 bits per heavy atom. The van der Waals surface area contributed by atoms with Crippen LogP contribution >= 0.6 is 0 Å². The van der Waals surface area contributed by atoms with Gasteiger partial charge in [-0.3, -0.25) is 0 Å². The van der Waals surface area contributed by atoms with Crippen molar-refractivity contribution in [3.63, 3.8) is 0 Å². The Balaban J connectivity index is 2.74. The molecule has 1 aromatic carbocycles. The molecule has 74 valence electrons. The summed E-state index contributed by atoms with van der Waals surface area (Å²) < 4.78 is 5.84. The molecule has 0 spiro atoms. The van der Waals surface area contributed by atoms with Crippen molar-refractivity contribution >= 4 is 25.4 Å². The molecule has 1 rings (SSSR count). The molecule has 0 aliphatic rings. The first-order chi connectivity index (χ1) is 6.75. The zero-order valence-corrected chi connectivity index (χ0v) is 9.09. The first-order valence-corrected chi connectivity index (χ1v) is 5.45. The van der Waals surface area contributed by atoms with Gasteiger partial charge in [-0.2, -0.15) is 0 Å². The number of nitrogens with zero attached hydrogens (tertiary/aromatic N) is 1. The topological polar surface area (TPSA) is 52.4 Å². The predicted octanol–water partition coefficient (Wildman–Crippen LogP) is 1.04. The molecule has 0 bridgehead atoms. The maximum absolute atomic E-state index is 10.6. The molecule has 5 heteroatoms. The minimum atomic E-state index is -0.394. The van der Waals surface area contributed by atoms with Crippen LogP contribution in [0.25, 0.3) is 0 Å². The van der Waals surface area contributed by atoms with Crippen molar-refractivity contribution in [2.75, 3.05) is 6.61 Å². The molecule has 0 aliphatic carbocycles. The second-order valence-corrected chi connectivity index (χ2v) is 4.15. The van der Waals surface area contributed by atoms with Crippen LogP contribution in [-0.2, 0) is 3.82 Å². The van der Waals surface area contributed by atoms with Gasteiger partial charge in [-0.1, -0.05) is 0 Å². The zero-order valence-electron chi connectivity index (χ0n) is 7.38. The molecule has 4 nitrogen and oxygen atoms in total. The summed E-state index contributed by atoms with van der Waals surface area (Å²) >= 11 is -0.322. The third-order valence-corrected chi connectivity index (χ3v) is 3.03. The van der Waals surface area contributed by atoms with Crippen LogP contribution in [-0.4, -0.2) is 26.8 Å². The molecule has 0 saturated heterocycles. The third kappa shape index (κ3) is 2.96. The fourth-order valence-electron chi connectivity index (χ4n) is 0.824. The van der Waals surface area contributed by atoms with E-state index in [4.69, 9.17) is 3.82 Å². The summed E-state index contributed by atoms with van der Waals surface area (Å²) in [5.74, 6) is 0. The molecule has 0 fully saturated rings. The van der Waals surface area contributed by atoms with E-state index in [1.165, 1.54) is 6.07 Å². The molecular weight excluding hydrogens is 249 g/mol. The van der Waals surface area contributed by atoms with Gasteiger partial charge < -0.3 is 0 Å². The first kappa shape index (κ1) is 10.9. The Morgan fingerprint density at radius 1 is 1.57 bits per heavy atom. The molecule has 14 heavy (non-hydrogen) atoms. The molecular formula is C9H9NO3Se. The molecule has 0 aliphatic heterocycles. The van der Waals surface area contributed by atoms with Crippen molar-refractivity contribution in [1.82, 2.24) is 0 Å². The first-order valence-electron chi connectivity index (χ1n) is 3.89. The van der Waals surface area contributed by atoms with Gasteiger partial charge in [-0.15, -0.1) is 0 Å². The molecule has 0 N–H and O–H groups in total. The van der Waals surface area contributed by atoms with Gasteiger partial charge in [0, 0.05) is 0 Å². The van der Waals surface area contributed by atoms with E-state index in [2.05, 4.69) is 6.58 Å².